The zero-order valence-corrected chi connectivity index (χ0v) is 12.4. The van der Waals surface area contributed by atoms with Gasteiger partial charge in [-0.2, -0.15) is 0 Å². The Morgan fingerprint density at radius 1 is 1.22 bits per heavy atom. The molecule has 3 nitrogen and oxygen atoms in total. The van der Waals surface area contributed by atoms with Crippen molar-refractivity contribution in [3.05, 3.63) is 0 Å². The molecule has 2 aliphatic heterocycles. The average Bonchev–Trinajstić information content (AvgIpc) is 2.32. The van der Waals surface area contributed by atoms with Crippen LogP contribution in [0.25, 0.3) is 0 Å². The van der Waals surface area contributed by atoms with Crippen LogP contribution in [0.3, 0.4) is 0 Å². The first-order valence-corrected chi connectivity index (χ1v) is 7.38. The van der Waals surface area contributed by atoms with Crippen molar-refractivity contribution in [1.82, 2.24) is 10.2 Å². The first kappa shape index (κ1) is 16.2. The molecule has 2 N–H and O–H groups in total. The molecule has 0 bridgehead atoms. The van der Waals surface area contributed by atoms with E-state index in [1.807, 2.05) is 6.92 Å². The van der Waals surface area contributed by atoms with Crippen molar-refractivity contribution in [2.45, 2.75) is 57.6 Å². The highest BCUT2D eigenvalue weighted by Crippen LogP contribution is 2.24. The fourth-order valence-corrected chi connectivity index (χ4v) is 3.36. The first-order valence-electron chi connectivity index (χ1n) is 7.38. The van der Waals surface area contributed by atoms with Crippen LogP contribution in [0.5, 0.6) is 0 Å². The molecule has 2 fully saturated rings. The van der Waals surface area contributed by atoms with E-state index in [9.17, 15) is 5.11 Å². The Kier molecular flexibility index (Phi) is 7.54. The number of nitrogens with zero attached hydrogens (tertiary/aromatic N) is 1. The highest BCUT2D eigenvalue weighted by atomic mass is 35.5. The van der Waals surface area contributed by atoms with Crippen molar-refractivity contribution in [3.8, 4) is 0 Å². The van der Waals surface area contributed by atoms with Gasteiger partial charge in [-0.05, 0) is 64.6 Å². The van der Waals surface area contributed by atoms with Gasteiger partial charge in [-0.3, -0.25) is 0 Å². The van der Waals surface area contributed by atoms with E-state index in [0.29, 0.717) is 6.04 Å². The number of likely N-dealkylation sites (tertiary alicyclic amines) is 1. The molecule has 2 heterocycles. The summed E-state index contributed by atoms with van der Waals surface area (Å²) in [6.07, 6.45) is 7.46. The molecule has 0 aliphatic carbocycles. The highest BCUT2D eigenvalue weighted by molar-refractivity contribution is 5.85. The molecule has 0 aromatic rings. The zero-order valence-electron chi connectivity index (χ0n) is 11.6. The van der Waals surface area contributed by atoms with E-state index >= 15 is 0 Å². The Balaban J connectivity index is 0.00000162. The number of nitrogens with one attached hydrogen (secondary N) is 1. The van der Waals surface area contributed by atoms with Gasteiger partial charge in [0.15, 0.2) is 0 Å². The van der Waals surface area contributed by atoms with E-state index in [1.54, 1.807) is 0 Å². The molecule has 2 atom stereocenters. The summed E-state index contributed by atoms with van der Waals surface area (Å²) < 4.78 is 0. The summed E-state index contributed by atoms with van der Waals surface area (Å²) in [5.41, 5.74) is 0. The fourth-order valence-electron chi connectivity index (χ4n) is 3.36. The molecule has 2 aliphatic rings. The smallest absolute Gasteiger partial charge is 0.0527 e. The molecular weight excluding hydrogens is 248 g/mol. The van der Waals surface area contributed by atoms with Gasteiger partial charge < -0.3 is 15.3 Å². The maximum atomic E-state index is 9.59. The predicted molar refractivity (Wildman–Crippen MR) is 78.4 cm³/mol. The number of rotatable bonds is 4. The number of aliphatic hydroxyl groups excluding tert-OH is 1. The lowest BCUT2D eigenvalue weighted by Crippen LogP contribution is -2.45. The van der Waals surface area contributed by atoms with Gasteiger partial charge in [0.25, 0.3) is 0 Å². The zero-order chi connectivity index (χ0) is 12.1. The summed E-state index contributed by atoms with van der Waals surface area (Å²) >= 11 is 0. The summed E-state index contributed by atoms with van der Waals surface area (Å²) in [6.45, 7) is 6.83. The number of hydrogen-bond acceptors (Lipinski definition) is 3. The molecule has 4 heteroatoms. The Labute approximate surface area is 118 Å². The third-order valence-electron chi connectivity index (χ3n) is 4.31. The minimum Gasteiger partial charge on any atom is -0.393 e. The fraction of sp³-hybridized carbons (Fsp3) is 1.00. The van der Waals surface area contributed by atoms with E-state index < -0.39 is 0 Å². The van der Waals surface area contributed by atoms with E-state index in [0.717, 1.165) is 12.3 Å². The number of aliphatic hydroxyl groups is 1. The van der Waals surface area contributed by atoms with Crippen LogP contribution < -0.4 is 5.32 Å². The monoisotopic (exact) mass is 276 g/mol. The van der Waals surface area contributed by atoms with Crippen molar-refractivity contribution in [3.63, 3.8) is 0 Å². The maximum Gasteiger partial charge on any atom is 0.0527 e. The SMILES string of the molecule is CC(O)CC1CCCCN1CC1CCNCC1.Cl. The van der Waals surface area contributed by atoms with Crippen LogP contribution in [0, 0.1) is 5.92 Å². The largest absolute Gasteiger partial charge is 0.393 e. The second kappa shape index (κ2) is 8.36. The van der Waals surface area contributed by atoms with E-state index in [4.69, 9.17) is 0 Å². The molecule has 0 aromatic heterocycles. The summed E-state index contributed by atoms with van der Waals surface area (Å²) in [6, 6.07) is 0.638. The Hall–Kier alpha value is 0.170. The topological polar surface area (TPSA) is 35.5 Å². The second-order valence-electron chi connectivity index (χ2n) is 5.92. The van der Waals surface area contributed by atoms with Gasteiger partial charge >= 0.3 is 0 Å². The average molecular weight is 277 g/mol. The molecule has 0 radical (unpaired) electrons. The van der Waals surface area contributed by atoms with Crippen LogP contribution >= 0.6 is 12.4 Å². The standard InChI is InChI=1S/C14H28N2O.ClH/c1-12(17)10-14-4-2-3-9-16(14)11-13-5-7-15-8-6-13;/h12-15,17H,2-11H2,1H3;1H. The van der Waals surface area contributed by atoms with Crippen LogP contribution in [-0.2, 0) is 0 Å². The number of piperidine rings is 2. The third kappa shape index (κ3) is 5.04. The normalized spacial score (nSPS) is 28.7. The first-order chi connectivity index (χ1) is 8.25. The van der Waals surface area contributed by atoms with E-state index in [2.05, 4.69) is 10.2 Å². The van der Waals surface area contributed by atoms with Gasteiger partial charge in [0.1, 0.15) is 0 Å². The second-order valence-corrected chi connectivity index (χ2v) is 5.92. The maximum absolute atomic E-state index is 9.59. The summed E-state index contributed by atoms with van der Waals surface area (Å²) in [5, 5.41) is 13.0. The molecule has 0 aromatic carbocycles. The molecule has 2 saturated heterocycles. The molecule has 2 unspecified atom stereocenters. The number of halogens is 1. The Bertz CT molecular complexity index is 220. The molecule has 0 saturated carbocycles. The Morgan fingerprint density at radius 2 is 1.94 bits per heavy atom. The van der Waals surface area contributed by atoms with Gasteiger partial charge in [0.2, 0.25) is 0 Å². The molecule has 0 spiro atoms. The van der Waals surface area contributed by atoms with Crippen molar-refractivity contribution < 1.29 is 5.11 Å². The van der Waals surface area contributed by atoms with Crippen LogP contribution in [0.1, 0.15) is 45.4 Å². The van der Waals surface area contributed by atoms with Gasteiger partial charge in [-0.25, -0.2) is 0 Å². The van der Waals surface area contributed by atoms with E-state index in [1.165, 1.54) is 58.3 Å². The number of hydrogen-bond donors (Lipinski definition) is 2. The van der Waals surface area contributed by atoms with Gasteiger partial charge in [0.05, 0.1) is 6.10 Å². The van der Waals surface area contributed by atoms with Crippen LogP contribution in [-0.4, -0.2) is 48.3 Å². The quantitative estimate of drug-likeness (QED) is 0.825. The lowest BCUT2D eigenvalue weighted by molar-refractivity contribution is 0.0706. The lowest BCUT2D eigenvalue weighted by Gasteiger charge is -2.39. The third-order valence-corrected chi connectivity index (χ3v) is 4.31. The van der Waals surface area contributed by atoms with Gasteiger partial charge in [-0.15, -0.1) is 12.4 Å². The van der Waals surface area contributed by atoms with Crippen LogP contribution in [0.2, 0.25) is 0 Å². The van der Waals surface area contributed by atoms with Crippen molar-refractivity contribution >= 4 is 12.4 Å². The predicted octanol–water partition coefficient (Wildman–Crippen LogP) is 2.03. The molecule has 0 amide bonds. The molecule has 18 heavy (non-hydrogen) atoms. The summed E-state index contributed by atoms with van der Waals surface area (Å²) in [7, 11) is 0. The van der Waals surface area contributed by atoms with Crippen molar-refractivity contribution in [2.75, 3.05) is 26.2 Å². The van der Waals surface area contributed by atoms with Crippen molar-refractivity contribution in [1.29, 1.82) is 0 Å². The Morgan fingerprint density at radius 3 is 2.61 bits per heavy atom. The van der Waals surface area contributed by atoms with Crippen LogP contribution in [0.15, 0.2) is 0 Å². The lowest BCUT2D eigenvalue weighted by atomic mass is 9.92. The summed E-state index contributed by atoms with van der Waals surface area (Å²) in [4.78, 5) is 2.66. The minimum absolute atomic E-state index is 0. The van der Waals surface area contributed by atoms with Crippen molar-refractivity contribution in [2.24, 2.45) is 5.92 Å². The molecular formula is C14H29ClN2O. The summed E-state index contributed by atoms with van der Waals surface area (Å²) in [5.74, 6) is 0.880. The van der Waals surface area contributed by atoms with Gasteiger partial charge in [0, 0.05) is 12.6 Å². The van der Waals surface area contributed by atoms with Crippen LogP contribution in [0.4, 0.5) is 0 Å². The van der Waals surface area contributed by atoms with Gasteiger partial charge in [-0.1, -0.05) is 6.42 Å². The van der Waals surface area contributed by atoms with E-state index in [-0.39, 0.29) is 18.5 Å². The molecule has 108 valence electrons. The minimum atomic E-state index is -0.145. The highest BCUT2D eigenvalue weighted by Gasteiger charge is 2.26. The molecule has 2 rings (SSSR count).